The fourth-order valence-corrected chi connectivity index (χ4v) is 3.72. The molecule has 3 rings (SSSR count). The molecule has 1 aromatic carbocycles. The van der Waals surface area contributed by atoms with Crippen LogP contribution in [0, 0.1) is 0 Å². The van der Waals surface area contributed by atoms with Crippen LogP contribution in [0.5, 0.6) is 0 Å². The first-order chi connectivity index (χ1) is 12.3. The van der Waals surface area contributed by atoms with Crippen molar-refractivity contribution >= 4 is 29.9 Å². The average Bonchev–Trinajstić information content (AvgIpc) is 3.07. The Bertz CT molecular complexity index is 582. The van der Waals surface area contributed by atoms with E-state index in [2.05, 4.69) is 41.4 Å². The van der Waals surface area contributed by atoms with Crippen LogP contribution in [0.25, 0.3) is 0 Å². The van der Waals surface area contributed by atoms with Gasteiger partial charge < -0.3 is 20.1 Å². The van der Waals surface area contributed by atoms with Crippen molar-refractivity contribution in [3.8, 4) is 0 Å². The maximum atomic E-state index is 9.71. The molecule has 0 amide bonds. The molecule has 1 fully saturated rings. The second kappa shape index (κ2) is 11.1. The number of benzene rings is 1. The molecule has 0 bridgehead atoms. The number of rotatable bonds is 6. The molecule has 2 aliphatic rings. The van der Waals surface area contributed by atoms with E-state index in [1.807, 2.05) is 0 Å². The molecular weight excluding hydrogens is 441 g/mol. The van der Waals surface area contributed by atoms with E-state index in [1.54, 1.807) is 0 Å². The lowest BCUT2D eigenvalue weighted by Crippen LogP contribution is -2.40. The number of nitrogens with one attached hydrogen (secondary N) is 1. The molecule has 2 N–H and O–H groups in total. The summed E-state index contributed by atoms with van der Waals surface area (Å²) < 4.78 is 6.15. The van der Waals surface area contributed by atoms with Crippen LogP contribution in [0.4, 0.5) is 0 Å². The number of β-amino-alcohol motifs (C(OH)–C–C–N with tert-alkyl or cyclic N) is 1. The maximum Gasteiger partial charge on any atom is 0.194 e. The number of fused-ring (bicyclic) bond motifs is 1. The Morgan fingerprint density at radius 1 is 1.35 bits per heavy atom. The zero-order valence-corrected chi connectivity index (χ0v) is 18.0. The molecule has 1 heterocycles. The highest BCUT2D eigenvalue weighted by Gasteiger charge is 2.23. The zero-order chi connectivity index (χ0) is 17.5. The van der Waals surface area contributed by atoms with Gasteiger partial charge in [0, 0.05) is 32.8 Å². The smallest absolute Gasteiger partial charge is 0.194 e. The minimum Gasteiger partial charge on any atom is -0.391 e. The second-order valence-electron chi connectivity index (χ2n) is 6.93. The van der Waals surface area contributed by atoms with E-state index in [-0.39, 0.29) is 36.2 Å². The number of aliphatic hydroxyl groups excluding tert-OH is 1. The van der Waals surface area contributed by atoms with E-state index in [4.69, 9.17) is 9.73 Å². The fourth-order valence-electron chi connectivity index (χ4n) is 3.72. The lowest BCUT2D eigenvalue weighted by atomic mass is 9.89. The Labute approximate surface area is 174 Å². The third-order valence-electron chi connectivity index (χ3n) is 5.00. The minimum absolute atomic E-state index is 0. The largest absolute Gasteiger partial charge is 0.391 e. The van der Waals surface area contributed by atoms with Crippen LogP contribution in [0.2, 0.25) is 0 Å². The highest BCUT2D eigenvalue weighted by molar-refractivity contribution is 14.0. The number of nitrogens with zero attached hydrogens (tertiary/aromatic N) is 2. The molecule has 2 atom stereocenters. The van der Waals surface area contributed by atoms with E-state index in [9.17, 15) is 5.11 Å². The van der Waals surface area contributed by atoms with Crippen LogP contribution < -0.4 is 5.32 Å². The number of hydrogen-bond acceptors (Lipinski definition) is 3. The van der Waals surface area contributed by atoms with Crippen molar-refractivity contribution in [3.63, 3.8) is 0 Å². The van der Waals surface area contributed by atoms with Crippen LogP contribution in [0.1, 0.15) is 49.8 Å². The summed E-state index contributed by atoms with van der Waals surface area (Å²) in [7, 11) is 0. The SMILES string of the molecule is CCNC(=NCCCOC1CCCc2ccccc21)N1CC[C@@H](O)C1.I. The molecule has 0 radical (unpaired) electrons. The number of ether oxygens (including phenoxy) is 1. The van der Waals surface area contributed by atoms with E-state index < -0.39 is 0 Å². The van der Waals surface area contributed by atoms with Crippen LogP contribution in [0.3, 0.4) is 0 Å². The first-order valence-electron chi connectivity index (χ1n) is 9.68. The Kier molecular flexibility index (Phi) is 9.15. The molecule has 6 heteroatoms. The molecule has 26 heavy (non-hydrogen) atoms. The van der Waals surface area contributed by atoms with Crippen LogP contribution in [-0.4, -0.2) is 54.9 Å². The van der Waals surface area contributed by atoms with E-state index in [1.165, 1.54) is 24.0 Å². The molecule has 1 aliphatic heterocycles. The molecule has 5 nitrogen and oxygen atoms in total. The van der Waals surface area contributed by atoms with Gasteiger partial charge in [0.05, 0.1) is 12.2 Å². The molecule has 0 spiro atoms. The lowest BCUT2D eigenvalue weighted by Gasteiger charge is -2.25. The monoisotopic (exact) mass is 473 g/mol. The van der Waals surface area contributed by atoms with Crippen molar-refractivity contribution in [1.29, 1.82) is 0 Å². The third kappa shape index (κ3) is 5.82. The summed E-state index contributed by atoms with van der Waals surface area (Å²) in [5.41, 5.74) is 2.82. The van der Waals surface area contributed by atoms with Gasteiger partial charge in [-0.15, -0.1) is 24.0 Å². The number of likely N-dealkylation sites (tertiary alicyclic amines) is 1. The van der Waals surface area contributed by atoms with Gasteiger partial charge >= 0.3 is 0 Å². The molecule has 0 aromatic heterocycles. The molecule has 1 saturated heterocycles. The molecule has 0 saturated carbocycles. The number of aryl methyl sites for hydroxylation is 1. The average molecular weight is 473 g/mol. The normalized spacial score (nSPS) is 22.7. The van der Waals surface area contributed by atoms with Gasteiger partial charge in [-0.3, -0.25) is 4.99 Å². The third-order valence-corrected chi connectivity index (χ3v) is 5.00. The Morgan fingerprint density at radius 2 is 2.19 bits per heavy atom. The summed E-state index contributed by atoms with van der Waals surface area (Å²) in [4.78, 5) is 6.84. The van der Waals surface area contributed by atoms with Crippen molar-refractivity contribution in [2.45, 2.75) is 51.2 Å². The topological polar surface area (TPSA) is 57.1 Å². The predicted octanol–water partition coefficient (Wildman–Crippen LogP) is 3.12. The summed E-state index contributed by atoms with van der Waals surface area (Å²) in [6.07, 6.45) is 5.28. The lowest BCUT2D eigenvalue weighted by molar-refractivity contribution is 0.0402. The number of guanidine groups is 1. The van der Waals surface area contributed by atoms with E-state index in [0.29, 0.717) is 6.54 Å². The van der Waals surface area contributed by atoms with Gasteiger partial charge in [-0.05, 0) is 50.2 Å². The quantitative estimate of drug-likeness (QED) is 0.289. The Morgan fingerprint density at radius 3 is 2.96 bits per heavy atom. The van der Waals surface area contributed by atoms with Gasteiger partial charge in [-0.2, -0.15) is 0 Å². The molecule has 146 valence electrons. The summed E-state index contributed by atoms with van der Waals surface area (Å²) in [5, 5.41) is 13.0. The number of aliphatic hydroxyl groups is 1. The van der Waals surface area contributed by atoms with Crippen LogP contribution in [0.15, 0.2) is 29.3 Å². The van der Waals surface area contributed by atoms with Gasteiger partial charge in [0.1, 0.15) is 0 Å². The first-order valence-corrected chi connectivity index (χ1v) is 9.68. The summed E-state index contributed by atoms with van der Waals surface area (Å²) in [6.45, 7) is 5.98. The van der Waals surface area contributed by atoms with Crippen molar-refractivity contribution in [2.24, 2.45) is 4.99 Å². The van der Waals surface area contributed by atoms with E-state index in [0.717, 1.165) is 51.5 Å². The van der Waals surface area contributed by atoms with Crippen molar-refractivity contribution in [3.05, 3.63) is 35.4 Å². The van der Waals surface area contributed by atoms with Crippen LogP contribution >= 0.6 is 24.0 Å². The van der Waals surface area contributed by atoms with Crippen molar-refractivity contribution < 1.29 is 9.84 Å². The zero-order valence-electron chi connectivity index (χ0n) is 15.7. The van der Waals surface area contributed by atoms with Gasteiger partial charge in [-0.1, -0.05) is 24.3 Å². The molecular formula is C20H32IN3O2. The van der Waals surface area contributed by atoms with Crippen LogP contribution in [-0.2, 0) is 11.2 Å². The van der Waals surface area contributed by atoms with Gasteiger partial charge in [-0.25, -0.2) is 0 Å². The summed E-state index contributed by atoms with van der Waals surface area (Å²) in [5.74, 6) is 0.919. The van der Waals surface area contributed by atoms with Gasteiger partial charge in [0.2, 0.25) is 0 Å². The number of hydrogen-bond donors (Lipinski definition) is 2. The molecule has 1 aliphatic carbocycles. The Hall–Kier alpha value is -0.860. The number of halogens is 1. The number of aliphatic imine (C=N–C) groups is 1. The van der Waals surface area contributed by atoms with Crippen molar-refractivity contribution in [2.75, 3.05) is 32.8 Å². The van der Waals surface area contributed by atoms with Crippen molar-refractivity contribution in [1.82, 2.24) is 10.2 Å². The standard InChI is InChI=1S/C20H31N3O2.HI/c1-2-21-20(23-13-11-17(24)15-23)22-12-6-14-25-19-10-5-8-16-7-3-4-9-18(16)19;/h3-4,7,9,17,19,24H,2,5-6,8,10-15H2,1H3,(H,21,22);1H/t17-,19?;/m1./s1. The van der Waals surface area contributed by atoms with E-state index >= 15 is 0 Å². The fraction of sp³-hybridized carbons (Fsp3) is 0.650. The highest BCUT2D eigenvalue weighted by Crippen LogP contribution is 2.32. The van der Waals surface area contributed by atoms with Gasteiger partial charge in [0.15, 0.2) is 5.96 Å². The summed E-state index contributed by atoms with van der Waals surface area (Å²) >= 11 is 0. The molecule has 1 unspecified atom stereocenters. The Balaban J connectivity index is 0.00000243. The highest BCUT2D eigenvalue weighted by atomic mass is 127. The minimum atomic E-state index is -0.224. The first kappa shape index (κ1) is 21.4. The second-order valence-corrected chi connectivity index (χ2v) is 6.93. The predicted molar refractivity (Wildman–Crippen MR) is 116 cm³/mol. The van der Waals surface area contributed by atoms with Gasteiger partial charge in [0.25, 0.3) is 0 Å². The molecule has 1 aromatic rings. The summed E-state index contributed by atoms with van der Waals surface area (Å²) in [6, 6.07) is 8.66. The maximum absolute atomic E-state index is 9.71.